The summed E-state index contributed by atoms with van der Waals surface area (Å²) in [4.78, 5) is 17.7. The van der Waals surface area contributed by atoms with Gasteiger partial charge in [-0.15, -0.1) is 10.2 Å². The highest BCUT2D eigenvalue weighted by Gasteiger charge is 2.15. The highest BCUT2D eigenvalue weighted by Crippen LogP contribution is 2.24. The molecule has 1 amide bonds. The van der Waals surface area contributed by atoms with Crippen LogP contribution in [0.5, 0.6) is 5.88 Å². The van der Waals surface area contributed by atoms with Crippen molar-refractivity contribution in [2.24, 2.45) is 0 Å². The van der Waals surface area contributed by atoms with E-state index in [-0.39, 0.29) is 12.5 Å². The Labute approximate surface area is 176 Å². The fourth-order valence-electron chi connectivity index (χ4n) is 3.10. The summed E-state index contributed by atoms with van der Waals surface area (Å²) in [6.45, 7) is 0.222. The van der Waals surface area contributed by atoms with Crippen molar-refractivity contribution in [3.8, 4) is 17.3 Å². The number of hydrogen-bond acceptors (Lipinski definition) is 5. The predicted molar refractivity (Wildman–Crippen MR) is 110 cm³/mol. The quantitative estimate of drug-likeness (QED) is 0.475. The van der Waals surface area contributed by atoms with Crippen LogP contribution in [0, 0.1) is 11.6 Å². The van der Waals surface area contributed by atoms with E-state index in [2.05, 4.69) is 15.2 Å². The minimum atomic E-state index is -0.890. The largest absolute Gasteiger partial charge is 0.477 e. The molecule has 0 aliphatic heterocycles. The lowest BCUT2D eigenvalue weighted by Gasteiger charge is -2.11. The molecule has 7 nitrogen and oxygen atoms in total. The van der Waals surface area contributed by atoms with Crippen molar-refractivity contribution in [3.63, 3.8) is 0 Å². The van der Waals surface area contributed by atoms with Gasteiger partial charge >= 0.3 is 0 Å². The Hall–Kier alpha value is -3.88. The summed E-state index contributed by atoms with van der Waals surface area (Å²) in [5.41, 5.74) is 2.42. The fourth-order valence-corrected chi connectivity index (χ4v) is 3.10. The van der Waals surface area contributed by atoms with Crippen molar-refractivity contribution in [2.45, 2.75) is 6.42 Å². The molecule has 2 aromatic heterocycles. The monoisotopic (exact) mass is 423 g/mol. The van der Waals surface area contributed by atoms with Gasteiger partial charge in [-0.3, -0.25) is 9.78 Å². The van der Waals surface area contributed by atoms with Gasteiger partial charge in [-0.1, -0.05) is 18.2 Å². The Morgan fingerprint density at radius 2 is 1.81 bits per heavy atom. The standard InChI is InChI=1S/C22H19F2N5O2/c1-28(2)22(30)16-6-4-15(5-7-16)21-27-26-19-12-25-13-20(29(19)21)31-10-9-14-3-8-17(23)18(24)11-14/h3-8,11-13H,9-10H2,1-2H3. The maximum atomic E-state index is 13.4. The molecule has 2 heterocycles. The molecule has 4 aromatic rings. The summed E-state index contributed by atoms with van der Waals surface area (Å²) in [6.07, 6.45) is 3.48. The van der Waals surface area contributed by atoms with Gasteiger partial charge in [-0.2, -0.15) is 0 Å². The molecule has 0 unspecified atom stereocenters. The van der Waals surface area contributed by atoms with E-state index in [0.29, 0.717) is 34.9 Å². The maximum absolute atomic E-state index is 13.4. The summed E-state index contributed by atoms with van der Waals surface area (Å²) in [7, 11) is 3.39. The highest BCUT2D eigenvalue weighted by molar-refractivity contribution is 5.94. The second-order valence-corrected chi connectivity index (χ2v) is 7.09. The number of carbonyl (C=O) groups is 1. The van der Waals surface area contributed by atoms with E-state index in [0.717, 1.165) is 17.7 Å². The lowest BCUT2D eigenvalue weighted by atomic mass is 10.1. The van der Waals surface area contributed by atoms with Crippen LogP contribution < -0.4 is 4.74 Å². The van der Waals surface area contributed by atoms with Gasteiger partial charge in [0.05, 0.1) is 19.0 Å². The van der Waals surface area contributed by atoms with Gasteiger partial charge in [0.25, 0.3) is 5.91 Å². The molecule has 0 bridgehead atoms. The number of fused-ring (bicyclic) bond motifs is 1. The summed E-state index contributed by atoms with van der Waals surface area (Å²) < 4.78 is 34.0. The number of aromatic nitrogens is 4. The van der Waals surface area contributed by atoms with Crippen molar-refractivity contribution in [2.75, 3.05) is 20.7 Å². The zero-order valence-corrected chi connectivity index (χ0v) is 16.9. The average Bonchev–Trinajstić information content (AvgIpc) is 3.21. The van der Waals surface area contributed by atoms with Gasteiger partial charge in [0.15, 0.2) is 23.1 Å². The van der Waals surface area contributed by atoms with Crippen LogP contribution in [-0.4, -0.2) is 51.1 Å². The Morgan fingerprint density at radius 3 is 2.52 bits per heavy atom. The van der Waals surface area contributed by atoms with E-state index in [1.54, 1.807) is 49.0 Å². The average molecular weight is 423 g/mol. The van der Waals surface area contributed by atoms with E-state index >= 15 is 0 Å². The summed E-state index contributed by atoms with van der Waals surface area (Å²) in [6, 6.07) is 10.8. The first-order chi connectivity index (χ1) is 14.9. The molecule has 2 aromatic carbocycles. The first kappa shape index (κ1) is 20.4. The number of rotatable bonds is 6. The Kier molecular flexibility index (Phi) is 5.57. The lowest BCUT2D eigenvalue weighted by Crippen LogP contribution is -2.21. The lowest BCUT2D eigenvalue weighted by molar-refractivity contribution is 0.0827. The minimum Gasteiger partial charge on any atom is -0.477 e. The third kappa shape index (κ3) is 4.20. The van der Waals surface area contributed by atoms with Crippen molar-refractivity contribution >= 4 is 11.6 Å². The van der Waals surface area contributed by atoms with Gasteiger partial charge in [-0.05, 0) is 29.8 Å². The second kappa shape index (κ2) is 8.47. The third-order valence-corrected chi connectivity index (χ3v) is 4.70. The van der Waals surface area contributed by atoms with E-state index < -0.39 is 11.6 Å². The molecule has 9 heteroatoms. The van der Waals surface area contributed by atoms with Crippen LogP contribution in [-0.2, 0) is 6.42 Å². The molecular formula is C22H19F2N5O2. The number of halogens is 2. The van der Waals surface area contributed by atoms with Crippen LogP contribution in [0.3, 0.4) is 0 Å². The highest BCUT2D eigenvalue weighted by atomic mass is 19.2. The molecule has 0 saturated heterocycles. The van der Waals surface area contributed by atoms with E-state index in [1.165, 1.54) is 17.2 Å². The number of carbonyl (C=O) groups excluding carboxylic acids is 1. The Bertz CT molecular complexity index is 1240. The number of nitrogens with zero attached hydrogens (tertiary/aromatic N) is 5. The van der Waals surface area contributed by atoms with Crippen molar-refractivity contribution in [1.29, 1.82) is 0 Å². The molecule has 0 spiro atoms. The smallest absolute Gasteiger partial charge is 0.253 e. The number of amides is 1. The van der Waals surface area contributed by atoms with Crippen LogP contribution >= 0.6 is 0 Å². The molecule has 4 rings (SSSR count). The Morgan fingerprint density at radius 1 is 1.03 bits per heavy atom. The SMILES string of the molecule is CN(C)C(=O)c1ccc(-c2nnc3cncc(OCCc4ccc(F)c(F)c4)n23)cc1. The zero-order valence-electron chi connectivity index (χ0n) is 16.9. The predicted octanol–water partition coefficient (Wildman–Crippen LogP) is 3.39. The molecule has 31 heavy (non-hydrogen) atoms. The molecule has 0 aliphatic carbocycles. The van der Waals surface area contributed by atoms with Crippen LogP contribution in [0.15, 0.2) is 54.9 Å². The number of ether oxygens (including phenoxy) is 1. The second-order valence-electron chi connectivity index (χ2n) is 7.09. The van der Waals surface area contributed by atoms with E-state index in [4.69, 9.17) is 4.74 Å². The van der Waals surface area contributed by atoms with Crippen LogP contribution in [0.1, 0.15) is 15.9 Å². The number of hydrogen-bond donors (Lipinski definition) is 0. The van der Waals surface area contributed by atoms with Gasteiger partial charge in [0, 0.05) is 31.6 Å². The van der Waals surface area contributed by atoms with Gasteiger partial charge in [-0.25, -0.2) is 13.2 Å². The molecule has 0 aliphatic rings. The van der Waals surface area contributed by atoms with Crippen LogP contribution in [0.25, 0.3) is 17.0 Å². The molecule has 0 N–H and O–H groups in total. The molecule has 0 atom stereocenters. The molecule has 0 saturated carbocycles. The summed E-state index contributed by atoms with van der Waals surface area (Å²) >= 11 is 0. The first-order valence-corrected chi connectivity index (χ1v) is 9.52. The van der Waals surface area contributed by atoms with E-state index in [1.807, 2.05) is 0 Å². The first-order valence-electron chi connectivity index (χ1n) is 9.52. The molecular weight excluding hydrogens is 404 g/mol. The zero-order chi connectivity index (χ0) is 22.0. The molecule has 0 radical (unpaired) electrons. The van der Waals surface area contributed by atoms with E-state index in [9.17, 15) is 13.6 Å². The maximum Gasteiger partial charge on any atom is 0.253 e. The molecule has 158 valence electrons. The Balaban J connectivity index is 1.57. The topological polar surface area (TPSA) is 72.6 Å². The summed E-state index contributed by atoms with van der Waals surface area (Å²) in [5.74, 6) is -0.926. The van der Waals surface area contributed by atoms with Crippen LogP contribution in [0.4, 0.5) is 8.78 Å². The fraction of sp³-hybridized carbons (Fsp3) is 0.182. The van der Waals surface area contributed by atoms with Gasteiger partial charge in [0.1, 0.15) is 0 Å². The van der Waals surface area contributed by atoms with Gasteiger partial charge < -0.3 is 9.64 Å². The van der Waals surface area contributed by atoms with Crippen LogP contribution in [0.2, 0.25) is 0 Å². The number of benzene rings is 2. The van der Waals surface area contributed by atoms with Gasteiger partial charge in [0.2, 0.25) is 5.88 Å². The third-order valence-electron chi connectivity index (χ3n) is 4.70. The minimum absolute atomic E-state index is 0.0943. The van der Waals surface area contributed by atoms with Crippen molar-refractivity contribution in [1.82, 2.24) is 24.5 Å². The van der Waals surface area contributed by atoms with Crippen molar-refractivity contribution < 1.29 is 18.3 Å². The normalized spacial score (nSPS) is 11.0. The van der Waals surface area contributed by atoms with Crippen molar-refractivity contribution in [3.05, 3.63) is 77.6 Å². The summed E-state index contributed by atoms with van der Waals surface area (Å²) in [5, 5.41) is 8.36. The molecule has 0 fully saturated rings.